The van der Waals surface area contributed by atoms with E-state index >= 15 is 0 Å². The van der Waals surface area contributed by atoms with E-state index < -0.39 is 6.23 Å². The van der Waals surface area contributed by atoms with Gasteiger partial charge in [-0.1, -0.05) is 6.92 Å². The molecule has 4 nitrogen and oxygen atoms in total. The Bertz CT molecular complexity index is 206. The Morgan fingerprint density at radius 2 is 2.06 bits per heavy atom. The minimum absolute atomic E-state index is 0.390. The van der Waals surface area contributed by atoms with Gasteiger partial charge >= 0.3 is 0 Å². The SMILES string of the molecule is CCOC[C@@H](C)CC1CCN(CC(O)NC)CC1. The van der Waals surface area contributed by atoms with Gasteiger partial charge in [0.05, 0.1) is 0 Å². The molecule has 2 atom stereocenters. The van der Waals surface area contributed by atoms with Gasteiger partial charge in [-0.25, -0.2) is 0 Å². The fraction of sp³-hybridized carbons (Fsp3) is 1.00. The van der Waals surface area contributed by atoms with E-state index in [0.717, 1.165) is 38.8 Å². The second kappa shape index (κ2) is 8.86. The van der Waals surface area contributed by atoms with Crippen molar-refractivity contribution >= 4 is 0 Å². The van der Waals surface area contributed by atoms with Crippen LogP contribution in [0.4, 0.5) is 0 Å². The van der Waals surface area contributed by atoms with Crippen molar-refractivity contribution in [1.82, 2.24) is 10.2 Å². The molecule has 1 aliphatic rings. The summed E-state index contributed by atoms with van der Waals surface area (Å²) in [5.41, 5.74) is 0. The van der Waals surface area contributed by atoms with Crippen LogP contribution in [0.1, 0.15) is 33.1 Å². The maximum atomic E-state index is 9.55. The molecule has 0 spiro atoms. The molecular weight excluding hydrogens is 228 g/mol. The number of likely N-dealkylation sites (N-methyl/N-ethyl adjacent to an activating group) is 1. The van der Waals surface area contributed by atoms with Crippen LogP contribution in [0, 0.1) is 11.8 Å². The first-order chi connectivity index (χ1) is 8.65. The Hall–Kier alpha value is -0.160. The van der Waals surface area contributed by atoms with E-state index in [2.05, 4.69) is 24.1 Å². The Morgan fingerprint density at radius 3 is 2.61 bits per heavy atom. The largest absolute Gasteiger partial charge is 0.381 e. The zero-order valence-corrected chi connectivity index (χ0v) is 12.2. The van der Waals surface area contributed by atoms with Crippen LogP contribution in [0.25, 0.3) is 0 Å². The number of aliphatic hydroxyl groups excluding tert-OH is 1. The number of piperidine rings is 1. The van der Waals surface area contributed by atoms with E-state index in [1.165, 1.54) is 19.3 Å². The van der Waals surface area contributed by atoms with Gasteiger partial charge in [0, 0.05) is 19.8 Å². The Balaban J connectivity index is 2.14. The first-order valence-electron chi connectivity index (χ1n) is 7.31. The molecule has 1 heterocycles. The van der Waals surface area contributed by atoms with Crippen molar-refractivity contribution in [2.24, 2.45) is 11.8 Å². The van der Waals surface area contributed by atoms with Crippen LogP contribution in [0.15, 0.2) is 0 Å². The summed E-state index contributed by atoms with van der Waals surface area (Å²) in [6.07, 6.45) is 3.40. The first kappa shape index (κ1) is 15.9. The molecule has 0 aromatic rings. The molecule has 0 aliphatic carbocycles. The van der Waals surface area contributed by atoms with Gasteiger partial charge in [-0.3, -0.25) is 10.2 Å². The number of nitrogens with zero attached hydrogens (tertiary/aromatic N) is 1. The van der Waals surface area contributed by atoms with Crippen molar-refractivity contribution < 1.29 is 9.84 Å². The number of β-amino-alcohol motifs (C(OH)–C–C–N with tert-alkyl or cyclic N) is 1. The minimum Gasteiger partial charge on any atom is -0.381 e. The zero-order chi connectivity index (χ0) is 13.4. The Kier molecular flexibility index (Phi) is 7.82. The van der Waals surface area contributed by atoms with Gasteiger partial charge in [-0.2, -0.15) is 0 Å². The summed E-state index contributed by atoms with van der Waals surface area (Å²) >= 11 is 0. The standard InChI is InChI=1S/C14H30N2O2/c1-4-18-11-12(2)9-13-5-7-16(8-6-13)10-14(17)15-3/h12-15,17H,4-11H2,1-3H3/t12-,14?/m0/s1. The monoisotopic (exact) mass is 258 g/mol. The second-order valence-corrected chi connectivity index (χ2v) is 5.55. The van der Waals surface area contributed by atoms with Crippen molar-refractivity contribution in [2.45, 2.75) is 39.3 Å². The first-order valence-corrected chi connectivity index (χ1v) is 7.31. The van der Waals surface area contributed by atoms with Gasteiger partial charge in [0.2, 0.25) is 0 Å². The van der Waals surface area contributed by atoms with Crippen molar-refractivity contribution in [3.8, 4) is 0 Å². The molecule has 108 valence electrons. The Labute approximate surface area is 112 Å². The van der Waals surface area contributed by atoms with E-state index in [-0.39, 0.29) is 0 Å². The number of nitrogens with one attached hydrogen (secondary N) is 1. The van der Waals surface area contributed by atoms with Crippen LogP contribution in [0.5, 0.6) is 0 Å². The van der Waals surface area contributed by atoms with Crippen molar-refractivity contribution in [3.63, 3.8) is 0 Å². The molecule has 18 heavy (non-hydrogen) atoms. The summed E-state index contributed by atoms with van der Waals surface area (Å²) in [6, 6.07) is 0. The number of aliphatic hydroxyl groups is 1. The fourth-order valence-corrected chi connectivity index (χ4v) is 2.70. The average Bonchev–Trinajstić information content (AvgIpc) is 2.38. The van der Waals surface area contributed by atoms with Crippen molar-refractivity contribution in [3.05, 3.63) is 0 Å². The third-order valence-electron chi connectivity index (χ3n) is 3.81. The second-order valence-electron chi connectivity index (χ2n) is 5.55. The number of hydrogen-bond donors (Lipinski definition) is 2. The predicted molar refractivity (Wildman–Crippen MR) is 74.5 cm³/mol. The lowest BCUT2D eigenvalue weighted by atomic mass is 9.88. The van der Waals surface area contributed by atoms with Crippen molar-refractivity contribution in [1.29, 1.82) is 0 Å². The van der Waals surface area contributed by atoms with E-state index in [9.17, 15) is 5.11 Å². The summed E-state index contributed by atoms with van der Waals surface area (Å²) in [6.45, 7) is 9.04. The summed E-state index contributed by atoms with van der Waals surface area (Å²) in [7, 11) is 1.80. The fourth-order valence-electron chi connectivity index (χ4n) is 2.70. The van der Waals surface area contributed by atoms with E-state index in [1.54, 1.807) is 7.05 Å². The van der Waals surface area contributed by atoms with E-state index in [4.69, 9.17) is 4.74 Å². The molecular formula is C14H30N2O2. The lowest BCUT2D eigenvalue weighted by Gasteiger charge is -2.34. The molecule has 0 amide bonds. The van der Waals surface area contributed by atoms with Gasteiger partial charge in [0.1, 0.15) is 6.23 Å². The molecule has 0 saturated carbocycles. The molecule has 0 bridgehead atoms. The topological polar surface area (TPSA) is 44.7 Å². The van der Waals surface area contributed by atoms with Crippen LogP contribution < -0.4 is 5.32 Å². The van der Waals surface area contributed by atoms with Gasteiger partial charge in [0.15, 0.2) is 0 Å². The number of rotatable bonds is 8. The number of hydrogen-bond acceptors (Lipinski definition) is 4. The predicted octanol–water partition coefficient (Wildman–Crippen LogP) is 1.30. The third kappa shape index (κ3) is 6.14. The highest BCUT2D eigenvalue weighted by atomic mass is 16.5. The van der Waals surface area contributed by atoms with Crippen LogP contribution in [-0.2, 0) is 4.74 Å². The van der Waals surface area contributed by atoms with E-state index in [0.29, 0.717) is 5.92 Å². The van der Waals surface area contributed by atoms with Gasteiger partial charge < -0.3 is 9.84 Å². The molecule has 1 rings (SSSR count). The minimum atomic E-state index is -0.390. The van der Waals surface area contributed by atoms with Gasteiger partial charge in [0.25, 0.3) is 0 Å². The average molecular weight is 258 g/mol. The molecule has 0 radical (unpaired) electrons. The van der Waals surface area contributed by atoms with Crippen LogP contribution in [0.2, 0.25) is 0 Å². The molecule has 1 aliphatic heterocycles. The van der Waals surface area contributed by atoms with Crippen LogP contribution in [0.3, 0.4) is 0 Å². The summed E-state index contributed by atoms with van der Waals surface area (Å²) in [5.74, 6) is 1.51. The lowest BCUT2D eigenvalue weighted by Crippen LogP contribution is -2.43. The summed E-state index contributed by atoms with van der Waals surface area (Å²) < 4.78 is 5.47. The quantitative estimate of drug-likeness (QED) is 0.644. The summed E-state index contributed by atoms with van der Waals surface area (Å²) in [5, 5.41) is 12.4. The smallest absolute Gasteiger partial charge is 0.117 e. The molecule has 0 aromatic carbocycles. The molecule has 2 N–H and O–H groups in total. The molecule has 1 fully saturated rings. The highest BCUT2D eigenvalue weighted by Crippen LogP contribution is 2.24. The van der Waals surface area contributed by atoms with E-state index in [1.807, 2.05) is 0 Å². The van der Waals surface area contributed by atoms with Crippen molar-refractivity contribution in [2.75, 3.05) is 39.9 Å². The maximum Gasteiger partial charge on any atom is 0.117 e. The highest BCUT2D eigenvalue weighted by Gasteiger charge is 2.21. The zero-order valence-electron chi connectivity index (χ0n) is 12.2. The maximum absolute atomic E-state index is 9.55. The van der Waals surface area contributed by atoms with Crippen LogP contribution >= 0.6 is 0 Å². The molecule has 1 unspecified atom stereocenters. The van der Waals surface area contributed by atoms with Crippen LogP contribution in [-0.4, -0.2) is 56.1 Å². The Morgan fingerprint density at radius 1 is 1.39 bits per heavy atom. The lowest BCUT2D eigenvalue weighted by molar-refractivity contribution is 0.0634. The van der Waals surface area contributed by atoms with Gasteiger partial charge in [-0.15, -0.1) is 0 Å². The number of likely N-dealkylation sites (tertiary alicyclic amines) is 1. The third-order valence-corrected chi connectivity index (χ3v) is 3.81. The normalized spacial score (nSPS) is 22.0. The van der Waals surface area contributed by atoms with Gasteiger partial charge in [-0.05, 0) is 58.2 Å². The molecule has 4 heteroatoms. The highest BCUT2D eigenvalue weighted by molar-refractivity contribution is 4.75. The molecule has 0 aromatic heterocycles. The molecule has 1 saturated heterocycles. The summed E-state index contributed by atoms with van der Waals surface area (Å²) in [4.78, 5) is 2.35. The number of ether oxygens (including phenoxy) is 1.